The number of ether oxygens (including phenoxy) is 1. The second-order valence-corrected chi connectivity index (χ2v) is 3.49. The lowest BCUT2D eigenvalue weighted by molar-refractivity contribution is -0.134. The van der Waals surface area contributed by atoms with Crippen LogP contribution in [0, 0.1) is 5.92 Å². The van der Waals surface area contributed by atoms with Crippen molar-refractivity contribution in [3.05, 3.63) is 0 Å². The third-order valence-corrected chi connectivity index (χ3v) is 1.55. The van der Waals surface area contributed by atoms with E-state index in [4.69, 9.17) is 4.74 Å². The smallest absolute Gasteiger partial charge is 0.178 e. The van der Waals surface area contributed by atoms with Gasteiger partial charge >= 0.3 is 0 Å². The highest BCUT2D eigenvalue weighted by molar-refractivity contribution is 5.84. The van der Waals surface area contributed by atoms with Gasteiger partial charge in [0, 0.05) is 19.1 Å². The Hall–Kier alpha value is -0.410. The molecule has 0 aromatic heterocycles. The highest BCUT2D eigenvalue weighted by Gasteiger charge is 2.20. The lowest BCUT2D eigenvalue weighted by Crippen LogP contribution is -2.43. The van der Waals surface area contributed by atoms with Crippen LogP contribution in [0.15, 0.2) is 0 Å². The van der Waals surface area contributed by atoms with Crippen molar-refractivity contribution in [3.8, 4) is 0 Å². The zero-order valence-corrected chi connectivity index (χ0v) is 8.55. The number of hydrogen-bond donors (Lipinski definition) is 1. The van der Waals surface area contributed by atoms with E-state index in [1.807, 2.05) is 27.7 Å². The topological polar surface area (TPSA) is 38.3 Å². The van der Waals surface area contributed by atoms with E-state index in [-0.39, 0.29) is 17.7 Å². The van der Waals surface area contributed by atoms with Gasteiger partial charge in [-0.1, -0.05) is 13.8 Å². The molecular weight excluding hydrogens is 154 g/mol. The first-order chi connectivity index (χ1) is 5.49. The van der Waals surface area contributed by atoms with Crippen molar-refractivity contribution in [2.45, 2.75) is 40.0 Å². The number of nitrogens with one attached hydrogen (secondary N) is 1. The first-order valence-electron chi connectivity index (χ1n) is 4.31. The fraction of sp³-hybridized carbons (Fsp3) is 0.889. The van der Waals surface area contributed by atoms with E-state index in [1.165, 1.54) is 0 Å². The van der Waals surface area contributed by atoms with Gasteiger partial charge in [-0.2, -0.15) is 0 Å². The van der Waals surface area contributed by atoms with Crippen molar-refractivity contribution in [2.75, 3.05) is 7.11 Å². The van der Waals surface area contributed by atoms with Gasteiger partial charge in [0.05, 0.1) is 0 Å². The highest BCUT2D eigenvalue weighted by Crippen LogP contribution is 2.01. The Morgan fingerprint density at radius 3 is 2.00 bits per heavy atom. The summed E-state index contributed by atoms with van der Waals surface area (Å²) in [6.07, 6.45) is -0.454. The summed E-state index contributed by atoms with van der Waals surface area (Å²) in [5.74, 6) is 0.118. The largest absolute Gasteiger partial charge is 0.359 e. The molecule has 72 valence electrons. The molecule has 3 nitrogen and oxygen atoms in total. The van der Waals surface area contributed by atoms with Crippen LogP contribution >= 0.6 is 0 Å². The molecule has 0 aromatic carbocycles. The monoisotopic (exact) mass is 173 g/mol. The Bertz CT molecular complexity index is 143. The summed E-state index contributed by atoms with van der Waals surface area (Å²) in [6, 6.07) is 0.262. The Balaban J connectivity index is 4.06. The van der Waals surface area contributed by atoms with E-state index >= 15 is 0 Å². The molecule has 1 atom stereocenters. The van der Waals surface area contributed by atoms with Gasteiger partial charge < -0.3 is 4.74 Å². The molecule has 0 bridgehead atoms. The van der Waals surface area contributed by atoms with Gasteiger partial charge in [0.15, 0.2) is 12.0 Å². The number of hydrogen-bond acceptors (Lipinski definition) is 3. The number of rotatable bonds is 5. The number of methoxy groups -OCH3 is 1. The molecule has 1 N–H and O–H groups in total. The SMILES string of the molecule is COC(NC(C)C)C(=O)C(C)C. The molecule has 0 rings (SSSR count). The van der Waals surface area contributed by atoms with E-state index in [9.17, 15) is 4.79 Å². The minimum Gasteiger partial charge on any atom is -0.359 e. The first kappa shape index (κ1) is 11.6. The van der Waals surface area contributed by atoms with Crippen molar-refractivity contribution >= 4 is 5.78 Å². The predicted molar refractivity (Wildman–Crippen MR) is 48.9 cm³/mol. The molecule has 0 aliphatic heterocycles. The normalized spacial score (nSPS) is 13.9. The zero-order valence-electron chi connectivity index (χ0n) is 8.55. The standard InChI is InChI=1S/C9H19NO2/c1-6(2)8(11)9(12-5)10-7(3)4/h6-7,9-10H,1-5H3. The van der Waals surface area contributed by atoms with Crippen molar-refractivity contribution in [1.29, 1.82) is 0 Å². The van der Waals surface area contributed by atoms with E-state index in [2.05, 4.69) is 5.32 Å². The molecule has 0 aliphatic rings. The van der Waals surface area contributed by atoms with E-state index in [0.29, 0.717) is 0 Å². The van der Waals surface area contributed by atoms with E-state index in [0.717, 1.165) is 0 Å². The molecule has 0 fully saturated rings. The summed E-state index contributed by atoms with van der Waals surface area (Å²) in [4.78, 5) is 11.4. The lowest BCUT2D eigenvalue weighted by Gasteiger charge is -2.19. The minimum absolute atomic E-state index is 0.0150. The first-order valence-corrected chi connectivity index (χ1v) is 4.31. The summed E-state index contributed by atoms with van der Waals surface area (Å²) in [5, 5.41) is 3.04. The molecule has 0 amide bonds. The van der Waals surface area contributed by atoms with Crippen LogP contribution in [0.4, 0.5) is 0 Å². The quantitative estimate of drug-likeness (QED) is 0.634. The van der Waals surface area contributed by atoms with Crippen molar-refractivity contribution in [2.24, 2.45) is 5.92 Å². The van der Waals surface area contributed by atoms with Crippen LogP contribution in [0.3, 0.4) is 0 Å². The fourth-order valence-electron chi connectivity index (χ4n) is 0.872. The molecular formula is C9H19NO2. The van der Waals surface area contributed by atoms with Crippen LogP contribution in [0.25, 0.3) is 0 Å². The number of Topliss-reactive ketones (excluding diaryl/α,β-unsaturated/α-hetero) is 1. The summed E-state index contributed by atoms with van der Waals surface area (Å²) < 4.78 is 5.02. The second-order valence-electron chi connectivity index (χ2n) is 3.49. The lowest BCUT2D eigenvalue weighted by atomic mass is 10.1. The van der Waals surface area contributed by atoms with Crippen LogP contribution < -0.4 is 5.32 Å². The summed E-state index contributed by atoms with van der Waals surface area (Å²) in [7, 11) is 1.54. The summed E-state index contributed by atoms with van der Waals surface area (Å²) in [6.45, 7) is 7.71. The molecule has 0 heterocycles. The third kappa shape index (κ3) is 3.83. The van der Waals surface area contributed by atoms with E-state index in [1.54, 1.807) is 7.11 Å². The number of carbonyl (C=O) groups is 1. The maximum atomic E-state index is 11.4. The van der Waals surface area contributed by atoms with Crippen LogP contribution in [0.2, 0.25) is 0 Å². The van der Waals surface area contributed by atoms with Crippen LogP contribution in [0.1, 0.15) is 27.7 Å². The van der Waals surface area contributed by atoms with Crippen LogP contribution in [-0.2, 0) is 9.53 Å². The molecule has 0 aliphatic carbocycles. The average Bonchev–Trinajstić information content (AvgIpc) is 1.98. The molecule has 0 saturated carbocycles. The summed E-state index contributed by atoms with van der Waals surface area (Å²) >= 11 is 0. The Labute approximate surface area is 74.5 Å². The molecule has 3 heteroatoms. The maximum absolute atomic E-state index is 11.4. The summed E-state index contributed by atoms with van der Waals surface area (Å²) in [5.41, 5.74) is 0. The van der Waals surface area contributed by atoms with E-state index < -0.39 is 6.23 Å². The molecule has 12 heavy (non-hydrogen) atoms. The van der Waals surface area contributed by atoms with Crippen molar-refractivity contribution in [3.63, 3.8) is 0 Å². The highest BCUT2D eigenvalue weighted by atomic mass is 16.5. The Morgan fingerprint density at radius 1 is 1.25 bits per heavy atom. The molecule has 0 saturated heterocycles. The van der Waals surface area contributed by atoms with Crippen molar-refractivity contribution in [1.82, 2.24) is 5.32 Å². The van der Waals surface area contributed by atoms with Crippen molar-refractivity contribution < 1.29 is 9.53 Å². The fourth-order valence-corrected chi connectivity index (χ4v) is 0.872. The third-order valence-electron chi connectivity index (χ3n) is 1.55. The average molecular weight is 173 g/mol. The van der Waals surface area contributed by atoms with Gasteiger partial charge in [-0.15, -0.1) is 0 Å². The van der Waals surface area contributed by atoms with Gasteiger partial charge in [-0.3, -0.25) is 10.1 Å². The zero-order chi connectivity index (χ0) is 9.72. The Kier molecular flexibility index (Phi) is 5.09. The molecule has 0 radical (unpaired) electrons. The maximum Gasteiger partial charge on any atom is 0.178 e. The van der Waals surface area contributed by atoms with Gasteiger partial charge in [0.2, 0.25) is 0 Å². The molecule has 0 spiro atoms. The predicted octanol–water partition coefficient (Wildman–Crippen LogP) is 1.18. The van der Waals surface area contributed by atoms with Crippen LogP contribution in [-0.4, -0.2) is 25.2 Å². The number of ketones is 1. The Morgan fingerprint density at radius 2 is 1.75 bits per heavy atom. The van der Waals surface area contributed by atoms with Crippen LogP contribution in [0.5, 0.6) is 0 Å². The van der Waals surface area contributed by atoms with Gasteiger partial charge in [-0.25, -0.2) is 0 Å². The van der Waals surface area contributed by atoms with Gasteiger partial charge in [0.1, 0.15) is 0 Å². The molecule has 0 aromatic rings. The van der Waals surface area contributed by atoms with Gasteiger partial charge in [-0.05, 0) is 13.8 Å². The second kappa shape index (κ2) is 5.27. The molecule has 1 unspecified atom stereocenters. The number of carbonyl (C=O) groups excluding carboxylic acids is 1. The van der Waals surface area contributed by atoms with Gasteiger partial charge in [0.25, 0.3) is 0 Å². The minimum atomic E-state index is -0.454.